The lowest BCUT2D eigenvalue weighted by molar-refractivity contribution is -0.617. The first-order valence-electron chi connectivity index (χ1n) is 10.9. The maximum atomic E-state index is 14.9. The molecule has 36 heavy (non-hydrogen) atoms. The standard InChI is InChI=1S/C22H20F4N4O5S/c1-11(29-6-4-21(23,24)13(9-29)12-3-2-5-30(33)15(12)10-31)19(32)28-20-27-14-7-16-17(8-18(14)36-20)35-22(25,26)34-16/h2-3,5,7-8,11,13,31H,4,6,9-10H2,1H3,(H,27,28,32)/t11-,13-/m0/s1. The van der Waals surface area contributed by atoms with Gasteiger partial charge in [0.15, 0.2) is 22.8 Å². The molecule has 2 aromatic heterocycles. The third kappa shape index (κ3) is 4.40. The van der Waals surface area contributed by atoms with Crippen LogP contribution in [0.2, 0.25) is 0 Å². The number of amides is 1. The number of thiazole rings is 1. The van der Waals surface area contributed by atoms with Gasteiger partial charge in [-0.3, -0.25) is 9.69 Å². The summed E-state index contributed by atoms with van der Waals surface area (Å²) in [6, 6.07) is 4.51. The molecule has 2 aliphatic heterocycles. The van der Waals surface area contributed by atoms with Crippen molar-refractivity contribution in [2.24, 2.45) is 0 Å². The van der Waals surface area contributed by atoms with Crippen LogP contribution in [-0.4, -0.2) is 52.2 Å². The number of halogens is 4. The minimum Gasteiger partial charge on any atom is -0.618 e. The highest BCUT2D eigenvalue weighted by atomic mass is 32.1. The van der Waals surface area contributed by atoms with E-state index in [2.05, 4.69) is 19.8 Å². The molecule has 0 radical (unpaired) electrons. The summed E-state index contributed by atoms with van der Waals surface area (Å²) in [5.74, 6) is -5.36. The molecule has 192 valence electrons. The van der Waals surface area contributed by atoms with Crippen LogP contribution in [0.4, 0.5) is 22.7 Å². The number of pyridine rings is 1. The molecular formula is C22H20F4N4O5S. The second-order valence-electron chi connectivity index (χ2n) is 8.57. The highest BCUT2D eigenvalue weighted by Crippen LogP contribution is 2.45. The number of nitrogens with one attached hydrogen (secondary N) is 1. The Hall–Kier alpha value is -3.23. The van der Waals surface area contributed by atoms with E-state index in [-0.39, 0.29) is 41.0 Å². The Morgan fingerprint density at radius 3 is 2.81 bits per heavy atom. The maximum Gasteiger partial charge on any atom is 0.586 e. The maximum absolute atomic E-state index is 14.9. The molecule has 9 nitrogen and oxygen atoms in total. The number of aromatic nitrogens is 2. The van der Waals surface area contributed by atoms with Crippen LogP contribution in [0, 0.1) is 5.21 Å². The third-order valence-corrected chi connectivity index (χ3v) is 7.28. The van der Waals surface area contributed by atoms with E-state index in [1.807, 2.05) is 0 Å². The van der Waals surface area contributed by atoms with E-state index in [9.17, 15) is 32.7 Å². The van der Waals surface area contributed by atoms with Gasteiger partial charge >= 0.3 is 6.29 Å². The smallest absolute Gasteiger partial charge is 0.586 e. The van der Waals surface area contributed by atoms with Crippen molar-refractivity contribution in [3.05, 3.63) is 46.9 Å². The SMILES string of the molecule is C[C@@H](C(=O)Nc1nc2cc3c(cc2s1)OC(F)(F)O3)N1CCC(F)(F)[C@H](c2ccc[n+]([O-])c2CO)C1. The van der Waals surface area contributed by atoms with Gasteiger partial charge in [0.1, 0.15) is 6.61 Å². The normalized spacial score (nSPS) is 21.4. The van der Waals surface area contributed by atoms with Gasteiger partial charge in [0.05, 0.1) is 22.2 Å². The Morgan fingerprint density at radius 1 is 1.36 bits per heavy atom. The fourth-order valence-corrected chi connectivity index (χ4v) is 5.30. The third-order valence-electron chi connectivity index (χ3n) is 6.35. The zero-order valence-corrected chi connectivity index (χ0v) is 19.5. The molecule has 0 aliphatic carbocycles. The Balaban J connectivity index is 1.32. The number of carbonyl (C=O) groups excluding carboxylic acids is 1. The topological polar surface area (TPSA) is 111 Å². The number of rotatable bonds is 5. The second kappa shape index (κ2) is 8.71. The van der Waals surface area contributed by atoms with E-state index < -0.39 is 43.1 Å². The van der Waals surface area contributed by atoms with Crippen molar-refractivity contribution in [2.45, 2.75) is 44.1 Å². The Labute approximate surface area is 205 Å². The van der Waals surface area contributed by atoms with Crippen LogP contribution < -0.4 is 19.5 Å². The number of alkyl halides is 4. The van der Waals surface area contributed by atoms with Crippen molar-refractivity contribution in [2.75, 3.05) is 18.4 Å². The molecular weight excluding hydrogens is 508 g/mol. The van der Waals surface area contributed by atoms with Crippen molar-refractivity contribution >= 4 is 32.6 Å². The zero-order valence-electron chi connectivity index (χ0n) is 18.7. The average molecular weight is 528 g/mol. The van der Waals surface area contributed by atoms with Crippen LogP contribution >= 0.6 is 11.3 Å². The molecule has 3 aromatic rings. The van der Waals surface area contributed by atoms with Crippen LogP contribution in [0.25, 0.3) is 10.2 Å². The van der Waals surface area contributed by atoms with Crippen molar-refractivity contribution < 1.29 is 41.7 Å². The molecule has 0 spiro atoms. The molecule has 1 saturated heterocycles. The van der Waals surface area contributed by atoms with E-state index in [1.165, 1.54) is 24.3 Å². The van der Waals surface area contributed by atoms with Crippen LogP contribution in [-0.2, 0) is 11.4 Å². The number of anilines is 1. The number of ether oxygens (including phenoxy) is 2. The minimum atomic E-state index is -3.76. The highest BCUT2D eigenvalue weighted by Gasteiger charge is 2.48. The minimum absolute atomic E-state index is 0.0338. The van der Waals surface area contributed by atoms with Crippen molar-refractivity contribution in [1.29, 1.82) is 0 Å². The number of aliphatic hydroxyl groups is 1. The zero-order chi connectivity index (χ0) is 25.8. The molecule has 2 N–H and O–H groups in total. The molecule has 4 heterocycles. The predicted octanol–water partition coefficient (Wildman–Crippen LogP) is 3.20. The highest BCUT2D eigenvalue weighted by molar-refractivity contribution is 7.22. The van der Waals surface area contributed by atoms with Crippen molar-refractivity contribution in [1.82, 2.24) is 9.88 Å². The number of nitrogens with zero attached hydrogens (tertiary/aromatic N) is 3. The fourth-order valence-electron chi connectivity index (χ4n) is 4.42. The van der Waals surface area contributed by atoms with Gasteiger partial charge in [-0.2, -0.15) is 4.73 Å². The summed E-state index contributed by atoms with van der Waals surface area (Å²) in [5.41, 5.74) is 0.187. The monoisotopic (exact) mass is 528 g/mol. The lowest BCUT2D eigenvalue weighted by Gasteiger charge is -2.40. The van der Waals surface area contributed by atoms with Gasteiger partial charge < -0.3 is 25.1 Å². The van der Waals surface area contributed by atoms with Crippen LogP contribution in [0.15, 0.2) is 30.5 Å². The summed E-state index contributed by atoms with van der Waals surface area (Å²) < 4.78 is 65.9. The molecule has 0 saturated carbocycles. The van der Waals surface area contributed by atoms with Crippen LogP contribution in [0.1, 0.15) is 30.5 Å². The molecule has 0 unspecified atom stereocenters. The molecule has 0 bridgehead atoms. The lowest BCUT2D eigenvalue weighted by Crippen LogP contribution is -2.52. The van der Waals surface area contributed by atoms with Crippen molar-refractivity contribution in [3.8, 4) is 11.5 Å². The molecule has 2 aliphatic rings. The van der Waals surface area contributed by atoms with E-state index in [1.54, 1.807) is 11.8 Å². The van der Waals surface area contributed by atoms with Crippen LogP contribution in [0.3, 0.4) is 0 Å². The van der Waals surface area contributed by atoms with E-state index in [0.29, 0.717) is 14.9 Å². The van der Waals surface area contributed by atoms with Gasteiger partial charge in [0, 0.05) is 43.3 Å². The quantitative estimate of drug-likeness (QED) is 0.297. The number of carbonyl (C=O) groups is 1. The number of piperidine rings is 1. The van der Waals surface area contributed by atoms with Crippen LogP contribution in [0.5, 0.6) is 11.5 Å². The Kier molecular flexibility index (Phi) is 5.92. The number of likely N-dealkylation sites (tertiary alicyclic amines) is 1. The van der Waals surface area contributed by atoms with E-state index >= 15 is 0 Å². The summed E-state index contributed by atoms with van der Waals surface area (Å²) in [7, 11) is 0. The molecule has 1 fully saturated rings. The molecule has 5 rings (SSSR count). The number of fused-ring (bicyclic) bond motifs is 2. The molecule has 14 heteroatoms. The largest absolute Gasteiger partial charge is 0.618 e. The summed E-state index contributed by atoms with van der Waals surface area (Å²) in [6.45, 7) is 0.588. The Morgan fingerprint density at radius 2 is 2.08 bits per heavy atom. The van der Waals surface area contributed by atoms with E-state index in [0.717, 1.165) is 17.5 Å². The van der Waals surface area contributed by atoms with Gasteiger partial charge in [0.25, 0.3) is 5.92 Å². The first-order valence-corrected chi connectivity index (χ1v) is 11.7. The first-order chi connectivity index (χ1) is 17.0. The number of hydrogen-bond donors (Lipinski definition) is 2. The summed E-state index contributed by atoms with van der Waals surface area (Å²) in [4.78, 5) is 18.7. The number of benzene rings is 1. The molecule has 1 amide bonds. The lowest BCUT2D eigenvalue weighted by atomic mass is 9.85. The number of hydrogen-bond acceptors (Lipinski definition) is 8. The van der Waals surface area contributed by atoms with Gasteiger partial charge in [0.2, 0.25) is 11.6 Å². The average Bonchev–Trinajstić information content (AvgIpc) is 3.33. The summed E-state index contributed by atoms with van der Waals surface area (Å²) in [5, 5.41) is 24.4. The van der Waals surface area contributed by atoms with Crippen molar-refractivity contribution in [3.63, 3.8) is 0 Å². The van der Waals surface area contributed by atoms with Gasteiger partial charge in [-0.1, -0.05) is 11.3 Å². The molecule has 2 atom stereocenters. The summed E-state index contributed by atoms with van der Waals surface area (Å²) in [6.07, 6.45) is -3.17. The van der Waals surface area contributed by atoms with Gasteiger partial charge in [-0.25, -0.2) is 13.8 Å². The first kappa shape index (κ1) is 24.5. The fraction of sp³-hybridized carbons (Fsp3) is 0.409. The van der Waals surface area contributed by atoms with Gasteiger partial charge in [-0.15, -0.1) is 8.78 Å². The number of aliphatic hydroxyl groups excluding tert-OH is 1. The van der Waals surface area contributed by atoms with E-state index in [4.69, 9.17) is 0 Å². The summed E-state index contributed by atoms with van der Waals surface area (Å²) >= 11 is 1.03. The predicted molar refractivity (Wildman–Crippen MR) is 119 cm³/mol. The molecule has 1 aromatic carbocycles. The second-order valence-corrected chi connectivity index (χ2v) is 9.60. The van der Waals surface area contributed by atoms with Gasteiger partial charge in [-0.05, 0) is 13.0 Å². The Bertz CT molecular complexity index is 1290.